The fourth-order valence-electron chi connectivity index (χ4n) is 1.19. The van der Waals surface area contributed by atoms with Crippen LogP contribution in [-0.4, -0.2) is 22.9 Å². The van der Waals surface area contributed by atoms with Crippen LogP contribution in [0.1, 0.15) is 33.1 Å². The molecule has 0 aromatic rings. The van der Waals surface area contributed by atoms with E-state index in [2.05, 4.69) is 9.68 Å². The van der Waals surface area contributed by atoms with Crippen molar-refractivity contribution in [3.63, 3.8) is 0 Å². The van der Waals surface area contributed by atoms with Crippen LogP contribution in [0.3, 0.4) is 0 Å². The van der Waals surface area contributed by atoms with Crippen molar-refractivity contribution in [2.45, 2.75) is 39.2 Å². The van der Waals surface area contributed by atoms with Crippen LogP contribution >= 0.6 is 0 Å². The standard InChI is InChI=1S/C8H16N2O6/c1-7(2)4-3-5-8(16-10(13)14)6-15-9(11)12/h7-8H,3-6H2,1-2H3. The molecule has 0 heterocycles. The van der Waals surface area contributed by atoms with Gasteiger partial charge in [0.05, 0.1) is 0 Å². The van der Waals surface area contributed by atoms with Crippen LogP contribution < -0.4 is 0 Å². The highest BCUT2D eigenvalue weighted by Gasteiger charge is 2.15. The summed E-state index contributed by atoms with van der Waals surface area (Å²) in [4.78, 5) is 28.4. The predicted octanol–water partition coefficient (Wildman–Crippen LogP) is 1.60. The lowest BCUT2D eigenvalue weighted by molar-refractivity contribution is -0.790. The lowest BCUT2D eigenvalue weighted by atomic mass is 10.0. The van der Waals surface area contributed by atoms with Gasteiger partial charge in [0.25, 0.3) is 10.2 Å². The summed E-state index contributed by atoms with van der Waals surface area (Å²) in [6.45, 7) is 3.64. The third-order valence-electron chi connectivity index (χ3n) is 1.91. The van der Waals surface area contributed by atoms with Crippen molar-refractivity contribution >= 4 is 0 Å². The second kappa shape index (κ2) is 7.66. The Morgan fingerprint density at radius 2 is 1.75 bits per heavy atom. The van der Waals surface area contributed by atoms with E-state index in [1.165, 1.54) is 0 Å². The summed E-state index contributed by atoms with van der Waals surface area (Å²) in [6, 6.07) is 0. The highest BCUT2D eigenvalue weighted by Crippen LogP contribution is 2.11. The Bertz CT molecular complexity index is 233. The van der Waals surface area contributed by atoms with Crippen molar-refractivity contribution in [2.24, 2.45) is 5.92 Å². The molecule has 0 saturated heterocycles. The second-order valence-electron chi connectivity index (χ2n) is 3.80. The van der Waals surface area contributed by atoms with Gasteiger partial charge in [-0.25, -0.2) is 0 Å². The second-order valence-corrected chi connectivity index (χ2v) is 3.80. The molecular formula is C8H16N2O6. The first kappa shape index (κ1) is 14.4. The minimum atomic E-state index is -0.987. The molecule has 94 valence electrons. The first-order valence-electron chi connectivity index (χ1n) is 5.00. The molecule has 0 amide bonds. The summed E-state index contributed by atoms with van der Waals surface area (Å²) >= 11 is 0. The Balaban J connectivity index is 3.89. The predicted molar refractivity (Wildman–Crippen MR) is 53.5 cm³/mol. The van der Waals surface area contributed by atoms with E-state index >= 15 is 0 Å². The van der Waals surface area contributed by atoms with Crippen molar-refractivity contribution < 1.29 is 19.8 Å². The van der Waals surface area contributed by atoms with E-state index in [4.69, 9.17) is 0 Å². The molecule has 0 fully saturated rings. The first-order chi connectivity index (χ1) is 7.41. The lowest BCUT2D eigenvalue weighted by Gasteiger charge is -2.13. The van der Waals surface area contributed by atoms with Gasteiger partial charge < -0.3 is 9.68 Å². The quantitative estimate of drug-likeness (QED) is 0.444. The van der Waals surface area contributed by atoms with E-state index in [0.717, 1.165) is 6.42 Å². The average Bonchev–Trinajstić information content (AvgIpc) is 2.12. The normalized spacial score (nSPS) is 12.2. The minimum absolute atomic E-state index is 0.368. The van der Waals surface area contributed by atoms with Crippen LogP contribution in [-0.2, 0) is 9.68 Å². The summed E-state index contributed by atoms with van der Waals surface area (Å²) in [5.74, 6) is 0.479. The Hall–Kier alpha value is -1.60. The third-order valence-corrected chi connectivity index (χ3v) is 1.91. The van der Waals surface area contributed by atoms with Crippen LogP contribution in [0, 0.1) is 26.1 Å². The van der Waals surface area contributed by atoms with E-state index in [9.17, 15) is 20.2 Å². The zero-order chi connectivity index (χ0) is 12.6. The Morgan fingerprint density at radius 1 is 1.12 bits per heavy atom. The number of rotatable bonds is 9. The average molecular weight is 236 g/mol. The maximum Gasteiger partial charge on any atom is 0.294 e. The fraction of sp³-hybridized carbons (Fsp3) is 1.00. The molecule has 0 rings (SSSR count). The number of hydrogen-bond donors (Lipinski definition) is 0. The molecule has 0 saturated carbocycles. The van der Waals surface area contributed by atoms with Gasteiger partial charge in [-0.15, -0.1) is 20.2 Å². The van der Waals surface area contributed by atoms with Gasteiger partial charge in [-0.1, -0.05) is 26.7 Å². The SMILES string of the molecule is CC(C)CCCC(CO[N+](=O)[O-])O[N+](=O)[O-]. The molecule has 0 radical (unpaired) electrons. The van der Waals surface area contributed by atoms with E-state index in [1.807, 2.05) is 13.8 Å². The molecule has 0 spiro atoms. The zero-order valence-corrected chi connectivity index (χ0v) is 9.33. The van der Waals surface area contributed by atoms with Gasteiger partial charge in [-0.2, -0.15) is 0 Å². The van der Waals surface area contributed by atoms with Gasteiger partial charge in [0.15, 0.2) is 0 Å². The molecule has 16 heavy (non-hydrogen) atoms. The van der Waals surface area contributed by atoms with E-state index in [0.29, 0.717) is 18.8 Å². The van der Waals surface area contributed by atoms with E-state index in [1.54, 1.807) is 0 Å². The molecule has 0 aliphatic heterocycles. The summed E-state index contributed by atoms with van der Waals surface area (Å²) in [6.07, 6.45) is 1.08. The molecule has 0 aliphatic carbocycles. The molecule has 0 aromatic heterocycles. The smallest absolute Gasteiger partial charge is 0.294 e. The number of nitrogens with zero attached hydrogens (tertiary/aromatic N) is 2. The van der Waals surface area contributed by atoms with Crippen LogP contribution in [0.4, 0.5) is 0 Å². The fourth-order valence-corrected chi connectivity index (χ4v) is 1.19. The molecule has 1 unspecified atom stereocenters. The Morgan fingerprint density at radius 3 is 2.19 bits per heavy atom. The molecule has 0 aliphatic rings. The summed E-state index contributed by atoms with van der Waals surface area (Å²) < 4.78 is 0. The van der Waals surface area contributed by atoms with Crippen LogP contribution in [0.25, 0.3) is 0 Å². The van der Waals surface area contributed by atoms with Crippen molar-refractivity contribution in [3.05, 3.63) is 20.2 Å². The molecule has 8 nitrogen and oxygen atoms in total. The van der Waals surface area contributed by atoms with Gasteiger partial charge in [0, 0.05) is 0 Å². The highest BCUT2D eigenvalue weighted by molar-refractivity contribution is 4.56. The molecular weight excluding hydrogens is 220 g/mol. The Labute approximate surface area is 92.7 Å². The van der Waals surface area contributed by atoms with Gasteiger partial charge in [0.2, 0.25) is 0 Å². The van der Waals surface area contributed by atoms with Crippen molar-refractivity contribution in [1.82, 2.24) is 0 Å². The van der Waals surface area contributed by atoms with E-state index < -0.39 is 22.9 Å². The highest BCUT2D eigenvalue weighted by atomic mass is 17.0. The van der Waals surface area contributed by atoms with Gasteiger partial charge in [0.1, 0.15) is 12.7 Å². The summed E-state index contributed by atoms with van der Waals surface area (Å²) in [5, 5.41) is 18.1. The van der Waals surface area contributed by atoms with Crippen molar-refractivity contribution in [2.75, 3.05) is 6.61 Å². The van der Waals surface area contributed by atoms with Gasteiger partial charge in [-0.3, -0.25) is 0 Å². The molecule has 0 aromatic carbocycles. The Kier molecular flexibility index (Phi) is 6.89. The van der Waals surface area contributed by atoms with Crippen molar-refractivity contribution in [1.29, 1.82) is 0 Å². The van der Waals surface area contributed by atoms with Crippen LogP contribution in [0.2, 0.25) is 0 Å². The molecule has 8 heteroatoms. The molecule has 0 bridgehead atoms. The first-order valence-corrected chi connectivity index (χ1v) is 5.00. The van der Waals surface area contributed by atoms with Crippen LogP contribution in [0.15, 0.2) is 0 Å². The van der Waals surface area contributed by atoms with E-state index in [-0.39, 0.29) is 0 Å². The van der Waals surface area contributed by atoms with Gasteiger partial charge in [-0.05, 0) is 12.3 Å². The van der Waals surface area contributed by atoms with Gasteiger partial charge >= 0.3 is 0 Å². The maximum absolute atomic E-state index is 10.1. The largest absolute Gasteiger partial charge is 0.312 e. The van der Waals surface area contributed by atoms with Crippen molar-refractivity contribution in [3.8, 4) is 0 Å². The third kappa shape index (κ3) is 8.97. The van der Waals surface area contributed by atoms with Crippen LogP contribution in [0.5, 0.6) is 0 Å². The maximum atomic E-state index is 10.1. The molecule has 0 N–H and O–H groups in total. The zero-order valence-electron chi connectivity index (χ0n) is 9.33. The lowest BCUT2D eigenvalue weighted by Crippen LogP contribution is -2.24. The summed E-state index contributed by atoms with van der Waals surface area (Å²) in [7, 11) is 0. The summed E-state index contributed by atoms with van der Waals surface area (Å²) in [5.41, 5.74) is 0. The minimum Gasteiger partial charge on any atom is -0.312 e. The monoisotopic (exact) mass is 236 g/mol. The number of hydrogen-bond acceptors (Lipinski definition) is 6. The molecule has 1 atom stereocenters. The topological polar surface area (TPSA) is 105 Å².